The number of fused-ring (bicyclic) bond motifs is 1. The van der Waals surface area contributed by atoms with Crippen molar-refractivity contribution in [1.82, 2.24) is 9.80 Å². The second-order valence-corrected chi connectivity index (χ2v) is 5.25. The molecule has 1 aliphatic heterocycles. The lowest BCUT2D eigenvalue weighted by atomic mass is 10.1. The first-order chi connectivity index (χ1) is 10.5. The van der Waals surface area contributed by atoms with Crippen LogP contribution in [-0.4, -0.2) is 52.1 Å². The van der Waals surface area contributed by atoms with Crippen LogP contribution in [0, 0.1) is 10.1 Å². The van der Waals surface area contributed by atoms with Gasteiger partial charge in [0, 0.05) is 55.8 Å². The molecule has 1 aliphatic rings. The summed E-state index contributed by atoms with van der Waals surface area (Å²) in [6.07, 6.45) is 0.601. The van der Waals surface area contributed by atoms with Gasteiger partial charge in [0.05, 0.1) is 11.2 Å². The zero-order chi connectivity index (χ0) is 15.7. The lowest BCUT2D eigenvalue weighted by molar-refractivity contribution is -0.384. The summed E-state index contributed by atoms with van der Waals surface area (Å²) in [5.41, 5.74) is 1.43. The number of rotatable bonds is 3. The third kappa shape index (κ3) is 2.73. The maximum Gasteiger partial charge on any atom is 0.407 e. The van der Waals surface area contributed by atoms with E-state index in [4.69, 9.17) is 9.52 Å². The monoisotopic (exact) mass is 305 g/mol. The lowest BCUT2D eigenvalue weighted by Gasteiger charge is -2.32. The molecule has 0 saturated carbocycles. The topological polar surface area (TPSA) is 100 Å². The van der Waals surface area contributed by atoms with Gasteiger partial charge >= 0.3 is 6.09 Å². The smallest absolute Gasteiger partial charge is 0.407 e. The van der Waals surface area contributed by atoms with Crippen LogP contribution in [0.1, 0.15) is 5.56 Å². The molecule has 0 bridgehead atoms. The van der Waals surface area contributed by atoms with Crippen molar-refractivity contribution in [2.24, 2.45) is 0 Å². The quantitative estimate of drug-likeness (QED) is 0.688. The summed E-state index contributed by atoms with van der Waals surface area (Å²) in [5, 5.41) is 20.7. The minimum absolute atomic E-state index is 0.0353. The summed E-state index contributed by atoms with van der Waals surface area (Å²) in [6.45, 7) is 2.56. The first-order valence-electron chi connectivity index (χ1n) is 6.89. The highest BCUT2D eigenvalue weighted by Gasteiger charge is 2.22. The molecule has 116 valence electrons. The Labute approximate surface area is 125 Å². The van der Waals surface area contributed by atoms with Crippen molar-refractivity contribution in [2.45, 2.75) is 6.54 Å². The Morgan fingerprint density at radius 1 is 1.32 bits per heavy atom. The normalized spacial score (nSPS) is 16.1. The SMILES string of the molecule is O=C(O)N1CCN(Cc2cc([N+](=O)[O-])cc3ccoc23)CC1. The molecular weight excluding hydrogens is 290 g/mol. The van der Waals surface area contributed by atoms with Gasteiger partial charge < -0.3 is 14.4 Å². The van der Waals surface area contributed by atoms with Crippen molar-refractivity contribution < 1.29 is 19.2 Å². The first kappa shape index (κ1) is 14.3. The maximum atomic E-state index is 11.0. The Kier molecular flexibility index (Phi) is 3.68. The predicted octanol–water partition coefficient (Wildman–Crippen LogP) is 2.14. The average Bonchev–Trinajstić information content (AvgIpc) is 2.96. The van der Waals surface area contributed by atoms with Gasteiger partial charge in [-0.25, -0.2) is 4.79 Å². The van der Waals surface area contributed by atoms with E-state index in [0.717, 1.165) is 5.56 Å². The van der Waals surface area contributed by atoms with Crippen LogP contribution in [0.2, 0.25) is 0 Å². The molecule has 3 rings (SSSR count). The van der Waals surface area contributed by atoms with E-state index in [2.05, 4.69) is 4.90 Å². The van der Waals surface area contributed by atoms with Gasteiger partial charge in [-0.1, -0.05) is 0 Å². The minimum atomic E-state index is -0.913. The van der Waals surface area contributed by atoms with E-state index in [1.54, 1.807) is 6.07 Å². The molecule has 1 fully saturated rings. The first-order valence-corrected chi connectivity index (χ1v) is 6.89. The van der Waals surface area contributed by atoms with E-state index < -0.39 is 11.0 Å². The Balaban J connectivity index is 1.80. The number of hydrogen-bond acceptors (Lipinski definition) is 5. The fraction of sp³-hybridized carbons (Fsp3) is 0.357. The van der Waals surface area contributed by atoms with Crippen LogP contribution < -0.4 is 0 Å². The highest BCUT2D eigenvalue weighted by molar-refractivity contribution is 5.83. The average molecular weight is 305 g/mol. The molecule has 1 aromatic heterocycles. The van der Waals surface area contributed by atoms with Crippen molar-refractivity contribution in [3.8, 4) is 0 Å². The summed E-state index contributed by atoms with van der Waals surface area (Å²) in [4.78, 5) is 24.9. The number of non-ortho nitro benzene ring substituents is 1. The van der Waals surface area contributed by atoms with Gasteiger partial charge in [-0.05, 0) is 6.07 Å². The van der Waals surface area contributed by atoms with E-state index in [0.29, 0.717) is 43.7 Å². The van der Waals surface area contributed by atoms with Crippen LogP contribution in [0.25, 0.3) is 11.0 Å². The fourth-order valence-corrected chi connectivity index (χ4v) is 2.70. The summed E-state index contributed by atoms with van der Waals surface area (Å²) < 4.78 is 5.43. The molecule has 2 aromatic rings. The van der Waals surface area contributed by atoms with Gasteiger partial charge in [0.2, 0.25) is 0 Å². The van der Waals surface area contributed by atoms with Gasteiger partial charge in [-0.3, -0.25) is 15.0 Å². The van der Waals surface area contributed by atoms with E-state index in [1.165, 1.54) is 23.3 Å². The number of benzene rings is 1. The number of carbonyl (C=O) groups is 1. The molecule has 1 N–H and O–H groups in total. The van der Waals surface area contributed by atoms with Crippen LogP contribution in [0.5, 0.6) is 0 Å². The second-order valence-electron chi connectivity index (χ2n) is 5.25. The standard InChI is InChI=1S/C14H15N3O5/c18-14(19)16-4-2-15(3-5-16)9-11-8-12(17(20)21)7-10-1-6-22-13(10)11/h1,6-8H,2-5,9H2,(H,18,19). The maximum absolute atomic E-state index is 11.0. The molecule has 0 aliphatic carbocycles. The molecule has 0 spiro atoms. The van der Waals surface area contributed by atoms with Gasteiger partial charge in [0.1, 0.15) is 5.58 Å². The van der Waals surface area contributed by atoms with Crippen LogP contribution in [0.3, 0.4) is 0 Å². The van der Waals surface area contributed by atoms with E-state index in [-0.39, 0.29) is 5.69 Å². The summed E-state index contributed by atoms with van der Waals surface area (Å²) in [7, 11) is 0. The molecule has 2 heterocycles. The number of hydrogen-bond donors (Lipinski definition) is 1. The number of nitrogens with zero attached hydrogens (tertiary/aromatic N) is 3. The Morgan fingerprint density at radius 2 is 2.05 bits per heavy atom. The molecule has 8 nitrogen and oxygen atoms in total. The lowest BCUT2D eigenvalue weighted by Crippen LogP contribution is -2.47. The summed E-state index contributed by atoms with van der Waals surface area (Å²) >= 11 is 0. The van der Waals surface area contributed by atoms with Crippen molar-refractivity contribution >= 4 is 22.7 Å². The van der Waals surface area contributed by atoms with Crippen LogP contribution in [-0.2, 0) is 6.54 Å². The molecule has 8 heteroatoms. The third-order valence-electron chi connectivity index (χ3n) is 3.86. The Hall–Kier alpha value is -2.61. The van der Waals surface area contributed by atoms with Gasteiger partial charge in [0.15, 0.2) is 0 Å². The third-order valence-corrected chi connectivity index (χ3v) is 3.86. The minimum Gasteiger partial charge on any atom is -0.465 e. The van der Waals surface area contributed by atoms with E-state index in [1.807, 2.05) is 0 Å². The van der Waals surface area contributed by atoms with Crippen LogP contribution >= 0.6 is 0 Å². The van der Waals surface area contributed by atoms with E-state index in [9.17, 15) is 14.9 Å². The van der Waals surface area contributed by atoms with Crippen LogP contribution in [0.15, 0.2) is 28.9 Å². The number of amides is 1. The van der Waals surface area contributed by atoms with Crippen molar-refractivity contribution in [3.05, 3.63) is 40.1 Å². The highest BCUT2D eigenvalue weighted by atomic mass is 16.6. The number of carboxylic acid groups (broad SMARTS) is 1. The molecule has 22 heavy (non-hydrogen) atoms. The molecule has 1 amide bonds. The molecule has 1 aromatic carbocycles. The molecule has 0 radical (unpaired) electrons. The van der Waals surface area contributed by atoms with E-state index >= 15 is 0 Å². The second kappa shape index (κ2) is 5.64. The van der Waals surface area contributed by atoms with Gasteiger partial charge in [-0.2, -0.15) is 0 Å². The largest absolute Gasteiger partial charge is 0.465 e. The number of furan rings is 1. The Bertz CT molecular complexity index is 718. The molecule has 0 atom stereocenters. The number of nitro groups is 1. The van der Waals surface area contributed by atoms with Gasteiger partial charge in [-0.15, -0.1) is 0 Å². The number of nitro benzene ring substituents is 1. The predicted molar refractivity (Wildman–Crippen MR) is 77.7 cm³/mol. The Morgan fingerprint density at radius 3 is 2.68 bits per heavy atom. The zero-order valence-corrected chi connectivity index (χ0v) is 11.8. The molecule has 1 saturated heterocycles. The van der Waals surface area contributed by atoms with Crippen molar-refractivity contribution in [2.75, 3.05) is 26.2 Å². The molecular formula is C14H15N3O5. The van der Waals surface area contributed by atoms with Crippen molar-refractivity contribution in [1.29, 1.82) is 0 Å². The highest BCUT2D eigenvalue weighted by Crippen LogP contribution is 2.27. The molecule has 0 unspecified atom stereocenters. The zero-order valence-electron chi connectivity index (χ0n) is 11.8. The fourth-order valence-electron chi connectivity index (χ4n) is 2.70. The van der Waals surface area contributed by atoms with Gasteiger partial charge in [0.25, 0.3) is 5.69 Å². The summed E-state index contributed by atoms with van der Waals surface area (Å²) in [5.74, 6) is 0. The van der Waals surface area contributed by atoms with Crippen molar-refractivity contribution in [3.63, 3.8) is 0 Å². The summed E-state index contributed by atoms with van der Waals surface area (Å²) in [6, 6.07) is 4.72. The van der Waals surface area contributed by atoms with Crippen LogP contribution in [0.4, 0.5) is 10.5 Å². The number of piperazine rings is 1.